The minimum Gasteiger partial charge on any atom is -0.493 e. The van der Waals surface area contributed by atoms with E-state index in [-0.39, 0.29) is 10.7 Å². The molecular weight excluding hydrogens is 403 g/mol. The third-order valence-corrected chi connectivity index (χ3v) is 4.58. The molecule has 0 saturated heterocycles. The number of hydrogen-bond acceptors (Lipinski definition) is 6. The average Bonchev–Trinajstić information content (AvgIpc) is 2.72. The van der Waals surface area contributed by atoms with E-state index in [0.717, 1.165) is 0 Å². The van der Waals surface area contributed by atoms with Crippen molar-refractivity contribution in [1.82, 2.24) is 9.78 Å². The van der Waals surface area contributed by atoms with Gasteiger partial charge in [0.2, 0.25) is 0 Å². The van der Waals surface area contributed by atoms with E-state index in [4.69, 9.17) is 32.7 Å². The standard InChI is InChI=1S/C19H16Cl2N4O3/c1-27-15-9-8-12(16(20)18(15)28-2)10-22-24-14-11-23-25(19(26)17(14)21)13-6-4-3-5-7-13/h3-11,24H,1-2H3/b22-10-. The van der Waals surface area contributed by atoms with Crippen LogP contribution in [-0.2, 0) is 0 Å². The lowest BCUT2D eigenvalue weighted by Gasteiger charge is -2.10. The van der Waals surface area contributed by atoms with Crippen LogP contribution in [0.25, 0.3) is 5.69 Å². The van der Waals surface area contributed by atoms with Crippen LogP contribution < -0.4 is 20.5 Å². The van der Waals surface area contributed by atoms with Gasteiger partial charge in [-0.05, 0) is 24.3 Å². The second-order valence-electron chi connectivity index (χ2n) is 5.50. The first-order chi connectivity index (χ1) is 13.6. The van der Waals surface area contributed by atoms with Crippen LogP contribution in [0.15, 0.2) is 58.6 Å². The maximum Gasteiger partial charge on any atom is 0.292 e. The van der Waals surface area contributed by atoms with Gasteiger partial charge in [0.25, 0.3) is 5.56 Å². The van der Waals surface area contributed by atoms with E-state index < -0.39 is 5.56 Å². The molecule has 144 valence electrons. The Hall–Kier alpha value is -3.03. The number of hydrazone groups is 1. The molecule has 0 aliphatic carbocycles. The number of aromatic nitrogens is 2. The number of ether oxygens (including phenoxy) is 2. The molecule has 0 aliphatic rings. The summed E-state index contributed by atoms with van der Waals surface area (Å²) in [5.41, 5.74) is 3.72. The molecule has 0 spiro atoms. The van der Waals surface area contributed by atoms with Gasteiger partial charge >= 0.3 is 0 Å². The molecule has 0 atom stereocenters. The molecule has 0 fully saturated rings. The number of nitrogens with zero attached hydrogens (tertiary/aromatic N) is 3. The van der Waals surface area contributed by atoms with Crippen LogP contribution >= 0.6 is 23.2 Å². The fraction of sp³-hybridized carbons (Fsp3) is 0.105. The molecule has 0 amide bonds. The largest absolute Gasteiger partial charge is 0.493 e. The monoisotopic (exact) mass is 418 g/mol. The lowest BCUT2D eigenvalue weighted by atomic mass is 10.2. The van der Waals surface area contributed by atoms with Crippen molar-refractivity contribution < 1.29 is 9.47 Å². The number of para-hydroxylation sites is 1. The highest BCUT2D eigenvalue weighted by atomic mass is 35.5. The van der Waals surface area contributed by atoms with Gasteiger partial charge < -0.3 is 9.47 Å². The van der Waals surface area contributed by atoms with Gasteiger partial charge in [-0.3, -0.25) is 10.2 Å². The molecule has 7 nitrogen and oxygen atoms in total. The number of halogens is 2. The summed E-state index contributed by atoms with van der Waals surface area (Å²) in [5.74, 6) is 0.910. The first-order valence-electron chi connectivity index (χ1n) is 8.09. The second-order valence-corrected chi connectivity index (χ2v) is 6.25. The minimum atomic E-state index is -0.461. The maximum absolute atomic E-state index is 12.5. The minimum absolute atomic E-state index is 0.0330. The first-order valence-corrected chi connectivity index (χ1v) is 8.85. The van der Waals surface area contributed by atoms with Gasteiger partial charge in [-0.2, -0.15) is 14.9 Å². The van der Waals surface area contributed by atoms with E-state index in [0.29, 0.717) is 27.8 Å². The van der Waals surface area contributed by atoms with Crippen LogP contribution in [0.3, 0.4) is 0 Å². The Labute approximate surface area is 171 Å². The third kappa shape index (κ3) is 3.95. The molecule has 3 aromatic rings. The summed E-state index contributed by atoms with van der Waals surface area (Å²) in [7, 11) is 3.02. The molecule has 28 heavy (non-hydrogen) atoms. The number of anilines is 1. The normalized spacial score (nSPS) is 10.9. The van der Waals surface area contributed by atoms with Crippen molar-refractivity contribution in [2.24, 2.45) is 5.10 Å². The second kappa shape index (κ2) is 8.77. The predicted molar refractivity (Wildman–Crippen MR) is 111 cm³/mol. The molecule has 1 N–H and O–H groups in total. The van der Waals surface area contributed by atoms with Crippen LogP contribution in [0.1, 0.15) is 5.56 Å². The molecule has 9 heteroatoms. The molecule has 0 aliphatic heterocycles. The molecule has 1 heterocycles. The van der Waals surface area contributed by atoms with Gasteiger partial charge in [0.05, 0.1) is 37.3 Å². The highest BCUT2D eigenvalue weighted by Gasteiger charge is 2.12. The number of rotatable bonds is 6. The Bertz CT molecular complexity index is 1070. The summed E-state index contributed by atoms with van der Waals surface area (Å²) in [4.78, 5) is 12.5. The van der Waals surface area contributed by atoms with Crippen molar-refractivity contribution in [3.05, 3.63) is 74.6 Å². The zero-order valence-corrected chi connectivity index (χ0v) is 16.5. The summed E-state index contributed by atoms with van der Waals surface area (Å²) < 4.78 is 11.6. The number of hydrogen-bond donors (Lipinski definition) is 1. The first kappa shape index (κ1) is 19.7. The summed E-state index contributed by atoms with van der Waals surface area (Å²) in [5, 5.41) is 8.51. The Balaban J connectivity index is 1.84. The van der Waals surface area contributed by atoms with E-state index in [1.54, 1.807) is 36.4 Å². The summed E-state index contributed by atoms with van der Waals surface area (Å²) in [6, 6.07) is 12.4. The third-order valence-electron chi connectivity index (χ3n) is 3.82. The lowest BCUT2D eigenvalue weighted by molar-refractivity contribution is 0.355. The smallest absolute Gasteiger partial charge is 0.292 e. The summed E-state index contributed by atoms with van der Waals surface area (Å²) >= 11 is 12.5. The topological polar surface area (TPSA) is 77.7 Å². The Morgan fingerprint density at radius 1 is 1.07 bits per heavy atom. The highest BCUT2D eigenvalue weighted by Crippen LogP contribution is 2.36. The van der Waals surface area contributed by atoms with Crippen molar-refractivity contribution in [2.45, 2.75) is 0 Å². The maximum atomic E-state index is 12.5. The SMILES string of the molecule is COc1ccc(/C=N\Nc2cnn(-c3ccccc3)c(=O)c2Cl)c(Cl)c1OC. The van der Waals surface area contributed by atoms with E-state index in [2.05, 4.69) is 15.6 Å². The Kier molecular flexibility index (Phi) is 6.18. The number of nitrogens with one attached hydrogen (secondary N) is 1. The number of benzene rings is 2. The molecule has 2 aromatic carbocycles. The van der Waals surface area contributed by atoms with Crippen molar-refractivity contribution in [1.29, 1.82) is 0 Å². The molecule has 0 unspecified atom stereocenters. The van der Waals surface area contributed by atoms with E-state index >= 15 is 0 Å². The van der Waals surface area contributed by atoms with Crippen LogP contribution in [0.4, 0.5) is 5.69 Å². The van der Waals surface area contributed by atoms with Gasteiger partial charge in [-0.25, -0.2) is 0 Å². The lowest BCUT2D eigenvalue weighted by Crippen LogP contribution is -2.22. The quantitative estimate of drug-likeness (QED) is 0.483. The fourth-order valence-electron chi connectivity index (χ4n) is 2.44. The summed E-state index contributed by atoms with van der Waals surface area (Å²) in [6.07, 6.45) is 2.90. The van der Waals surface area contributed by atoms with Gasteiger partial charge in [0, 0.05) is 5.56 Å². The Morgan fingerprint density at radius 2 is 1.82 bits per heavy atom. The van der Waals surface area contributed by atoms with Gasteiger partial charge in [-0.15, -0.1) is 0 Å². The van der Waals surface area contributed by atoms with E-state index in [1.165, 1.54) is 31.3 Å². The molecule has 0 radical (unpaired) electrons. The number of methoxy groups -OCH3 is 2. The Morgan fingerprint density at radius 3 is 2.50 bits per heavy atom. The molecule has 1 aromatic heterocycles. The van der Waals surface area contributed by atoms with E-state index in [1.807, 2.05) is 6.07 Å². The predicted octanol–water partition coefficient (Wildman–Crippen LogP) is 4.00. The van der Waals surface area contributed by atoms with Gasteiger partial charge in [-0.1, -0.05) is 41.4 Å². The van der Waals surface area contributed by atoms with Crippen LogP contribution in [0, 0.1) is 0 Å². The van der Waals surface area contributed by atoms with Gasteiger partial charge in [0.15, 0.2) is 11.5 Å². The zero-order valence-electron chi connectivity index (χ0n) is 15.0. The van der Waals surface area contributed by atoms with Crippen LogP contribution in [0.2, 0.25) is 10.0 Å². The molecular formula is C19H16Cl2N4O3. The highest BCUT2D eigenvalue weighted by molar-refractivity contribution is 6.35. The van der Waals surface area contributed by atoms with Crippen molar-refractivity contribution in [3.63, 3.8) is 0 Å². The molecule has 0 saturated carbocycles. The van der Waals surface area contributed by atoms with Crippen LogP contribution in [-0.4, -0.2) is 30.2 Å². The molecule has 0 bridgehead atoms. The average molecular weight is 419 g/mol. The molecule has 3 rings (SSSR count). The van der Waals surface area contributed by atoms with Gasteiger partial charge in [0.1, 0.15) is 10.7 Å². The van der Waals surface area contributed by atoms with Crippen molar-refractivity contribution >= 4 is 35.1 Å². The summed E-state index contributed by atoms with van der Waals surface area (Å²) in [6.45, 7) is 0. The van der Waals surface area contributed by atoms with Crippen molar-refractivity contribution in [2.75, 3.05) is 19.6 Å². The fourth-order valence-corrected chi connectivity index (χ4v) is 2.89. The van der Waals surface area contributed by atoms with E-state index in [9.17, 15) is 4.79 Å². The zero-order chi connectivity index (χ0) is 20.1. The van der Waals surface area contributed by atoms with Crippen LogP contribution in [0.5, 0.6) is 11.5 Å². The van der Waals surface area contributed by atoms with Crippen molar-refractivity contribution in [3.8, 4) is 17.2 Å².